The van der Waals surface area contributed by atoms with Gasteiger partial charge in [-0.05, 0) is 51.8 Å². The summed E-state index contributed by atoms with van der Waals surface area (Å²) in [5.41, 5.74) is 9.89. The number of hydrogen-bond donors (Lipinski definition) is 1. The zero-order chi connectivity index (χ0) is 18.7. The molecule has 0 saturated heterocycles. The van der Waals surface area contributed by atoms with Crippen molar-refractivity contribution in [3.63, 3.8) is 0 Å². The van der Waals surface area contributed by atoms with Crippen molar-refractivity contribution in [2.24, 2.45) is 0 Å². The van der Waals surface area contributed by atoms with Crippen LogP contribution in [0, 0.1) is 11.3 Å². The SMILES string of the molecule is COC(=O)c1cc(-c2ccc(C#N)cc2)cn1Cc1nc(Br)ccc1N. The van der Waals surface area contributed by atoms with E-state index in [1.54, 1.807) is 34.9 Å². The van der Waals surface area contributed by atoms with Crippen LogP contribution in [-0.4, -0.2) is 22.6 Å². The van der Waals surface area contributed by atoms with E-state index in [0.717, 1.165) is 11.1 Å². The van der Waals surface area contributed by atoms with Crippen molar-refractivity contribution in [1.82, 2.24) is 9.55 Å². The number of carbonyl (C=O) groups is 1. The van der Waals surface area contributed by atoms with Gasteiger partial charge in [-0.25, -0.2) is 9.78 Å². The number of nitrogens with two attached hydrogens (primary N) is 1. The molecule has 0 radical (unpaired) electrons. The summed E-state index contributed by atoms with van der Waals surface area (Å²) in [5.74, 6) is -0.446. The third kappa shape index (κ3) is 3.60. The summed E-state index contributed by atoms with van der Waals surface area (Å²) in [5, 5.41) is 8.93. The number of aromatic nitrogens is 2. The van der Waals surface area contributed by atoms with E-state index >= 15 is 0 Å². The summed E-state index contributed by atoms with van der Waals surface area (Å²) in [7, 11) is 1.34. The van der Waals surface area contributed by atoms with E-state index in [-0.39, 0.29) is 0 Å². The molecule has 0 fully saturated rings. The quantitative estimate of drug-likeness (QED) is 0.523. The topological polar surface area (TPSA) is 93.9 Å². The Morgan fingerprint density at radius 2 is 2.00 bits per heavy atom. The van der Waals surface area contributed by atoms with Crippen LogP contribution in [0.25, 0.3) is 11.1 Å². The highest BCUT2D eigenvalue weighted by Crippen LogP contribution is 2.25. The third-order valence-electron chi connectivity index (χ3n) is 3.93. The first kappa shape index (κ1) is 17.7. The van der Waals surface area contributed by atoms with Gasteiger partial charge in [-0.3, -0.25) is 0 Å². The second kappa shape index (κ2) is 7.42. The van der Waals surface area contributed by atoms with E-state index in [4.69, 9.17) is 15.7 Å². The molecule has 130 valence electrons. The number of methoxy groups -OCH3 is 1. The lowest BCUT2D eigenvalue weighted by atomic mass is 10.1. The van der Waals surface area contributed by atoms with E-state index in [1.807, 2.05) is 18.3 Å². The molecule has 0 aliphatic rings. The molecule has 0 aliphatic carbocycles. The van der Waals surface area contributed by atoms with Crippen LogP contribution in [0.1, 0.15) is 21.7 Å². The first-order valence-electron chi connectivity index (χ1n) is 7.71. The van der Waals surface area contributed by atoms with Crippen LogP contribution in [0.2, 0.25) is 0 Å². The number of anilines is 1. The Labute approximate surface area is 159 Å². The van der Waals surface area contributed by atoms with Gasteiger partial charge in [0.25, 0.3) is 0 Å². The summed E-state index contributed by atoms with van der Waals surface area (Å²) in [6, 6.07) is 14.5. The molecule has 0 unspecified atom stereocenters. The molecule has 26 heavy (non-hydrogen) atoms. The molecule has 2 N–H and O–H groups in total. The van der Waals surface area contributed by atoms with Gasteiger partial charge < -0.3 is 15.0 Å². The Morgan fingerprint density at radius 3 is 2.65 bits per heavy atom. The fourth-order valence-corrected chi connectivity index (χ4v) is 2.93. The first-order chi connectivity index (χ1) is 12.5. The molecular weight excluding hydrogens is 396 g/mol. The number of nitriles is 1. The summed E-state index contributed by atoms with van der Waals surface area (Å²) in [6.45, 7) is 0.325. The lowest BCUT2D eigenvalue weighted by Gasteiger charge is -2.09. The maximum atomic E-state index is 12.2. The molecule has 0 saturated carbocycles. The third-order valence-corrected chi connectivity index (χ3v) is 4.38. The Balaban J connectivity index is 2.03. The van der Waals surface area contributed by atoms with Crippen LogP contribution in [-0.2, 0) is 11.3 Å². The Hall–Kier alpha value is -3.11. The predicted octanol–water partition coefficient (Wildman–Crippen LogP) is 3.60. The van der Waals surface area contributed by atoms with Crippen LogP contribution < -0.4 is 5.73 Å². The Bertz CT molecular complexity index is 1000. The number of carbonyl (C=O) groups excluding carboxylic acids is 1. The molecule has 1 aromatic carbocycles. The molecule has 2 aromatic heterocycles. The second-order valence-electron chi connectivity index (χ2n) is 5.59. The van der Waals surface area contributed by atoms with E-state index in [2.05, 4.69) is 27.0 Å². The van der Waals surface area contributed by atoms with Gasteiger partial charge >= 0.3 is 5.97 Å². The summed E-state index contributed by atoms with van der Waals surface area (Å²) < 4.78 is 7.31. The van der Waals surface area contributed by atoms with Crippen molar-refractivity contribution >= 4 is 27.6 Å². The van der Waals surface area contributed by atoms with Crippen LogP contribution in [0.3, 0.4) is 0 Å². The van der Waals surface area contributed by atoms with Crippen molar-refractivity contribution in [3.8, 4) is 17.2 Å². The standard InChI is InChI=1S/C19H15BrN4O2/c1-26-19(25)17-8-14(13-4-2-12(9-21)3-5-13)10-24(17)11-16-15(22)6-7-18(20)23-16/h2-8,10H,11,22H2,1H3. The van der Waals surface area contributed by atoms with Crippen molar-refractivity contribution in [2.75, 3.05) is 12.8 Å². The zero-order valence-corrected chi connectivity index (χ0v) is 15.5. The largest absolute Gasteiger partial charge is 0.464 e. The second-order valence-corrected chi connectivity index (χ2v) is 6.41. The Morgan fingerprint density at radius 1 is 1.27 bits per heavy atom. The molecule has 3 rings (SSSR count). The predicted molar refractivity (Wildman–Crippen MR) is 101 cm³/mol. The van der Waals surface area contributed by atoms with Crippen molar-refractivity contribution in [2.45, 2.75) is 6.54 Å². The maximum absolute atomic E-state index is 12.2. The molecule has 6 nitrogen and oxygen atoms in total. The summed E-state index contributed by atoms with van der Waals surface area (Å²) in [6.07, 6.45) is 1.84. The average Bonchev–Trinajstić information content (AvgIpc) is 3.08. The van der Waals surface area contributed by atoms with Crippen LogP contribution in [0.5, 0.6) is 0 Å². The van der Waals surface area contributed by atoms with E-state index in [0.29, 0.717) is 33.8 Å². The molecule has 3 aromatic rings. The highest BCUT2D eigenvalue weighted by atomic mass is 79.9. The highest BCUT2D eigenvalue weighted by Gasteiger charge is 2.16. The minimum atomic E-state index is -0.446. The minimum Gasteiger partial charge on any atom is -0.464 e. The van der Waals surface area contributed by atoms with Gasteiger partial charge in [-0.1, -0.05) is 12.1 Å². The fourth-order valence-electron chi connectivity index (χ4n) is 2.59. The molecule has 0 amide bonds. The average molecular weight is 411 g/mol. The number of hydrogen-bond acceptors (Lipinski definition) is 5. The van der Waals surface area contributed by atoms with Gasteiger partial charge in [0.1, 0.15) is 10.3 Å². The zero-order valence-electron chi connectivity index (χ0n) is 13.9. The number of esters is 1. The normalized spacial score (nSPS) is 10.3. The minimum absolute atomic E-state index is 0.325. The van der Waals surface area contributed by atoms with Crippen LogP contribution in [0.4, 0.5) is 5.69 Å². The van der Waals surface area contributed by atoms with Crippen molar-refractivity contribution in [1.29, 1.82) is 5.26 Å². The number of nitrogen functional groups attached to an aromatic ring is 1. The summed E-state index contributed by atoms with van der Waals surface area (Å²) >= 11 is 3.33. The lowest BCUT2D eigenvalue weighted by Crippen LogP contribution is -2.12. The van der Waals surface area contributed by atoms with Gasteiger partial charge in [-0.15, -0.1) is 0 Å². The van der Waals surface area contributed by atoms with Crippen LogP contribution >= 0.6 is 15.9 Å². The van der Waals surface area contributed by atoms with E-state index in [1.165, 1.54) is 7.11 Å². The van der Waals surface area contributed by atoms with Gasteiger partial charge in [0, 0.05) is 11.8 Å². The van der Waals surface area contributed by atoms with E-state index < -0.39 is 5.97 Å². The number of pyridine rings is 1. The maximum Gasteiger partial charge on any atom is 0.354 e. The molecule has 0 aliphatic heterocycles. The number of ether oxygens (including phenoxy) is 1. The van der Waals surface area contributed by atoms with Gasteiger partial charge in [-0.2, -0.15) is 5.26 Å². The van der Waals surface area contributed by atoms with E-state index in [9.17, 15) is 4.79 Å². The fraction of sp³-hybridized carbons (Fsp3) is 0.105. The number of halogens is 1. The van der Waals surface area contributed by atoms with Gasteiger partial charge in [0.2, 0.25) is 0 Å². The molecule has 2 heterocycles. The lowest BCUT2D eigenvalue weighted by molar-refractivity contribution is 0.0589. The highest BCUT2D eigenvalue weighted by molar-refractivity contribution is 9.10. The molecule has 0 spiro atoms. The first-order valence-corrected chi connectivity index (χ1v) is 8.51. The smallest absolute Gasteiger partial charge is 0.354 e. The molecule has 7 heteroatoms. The molecular formula is C19H15BrN4O2. The van der Waals surface area contributed by atoms with Crippen molar-refractivity contribution < 1.29 is 9.53 Å². The molecule has 0 atom stereocenters. The molecule has 0 bridgehead atoms. The summed E-state index contributed by atoms with van der Waals surface area (Å²) in [4.78, 5) is 16.6. The van der Waals surface area contributed by atoms with Gasteiger partial charge in [0.15, 0.2) is 0 Å². The van der Waals surface area contributed by atoms with Crippen LogP contribution in [0.15, 0.2) is 53.3 Å². The van der Waals surface area contributed by atoms with Crippen molar-refractivity contribution in [3.05, 3.63) is 70.2 Å². The Kier molecular flexibility index (Phi) is 5.05. The monoisotopic (exact) mass is 410 g/mol. The number of rotatable bonds is 4. The number of nitrogens with zero attached hydrogens (tertiary/aromatic N) is 3. The number of benzene rings is 1. The van der Waals surface area contributed by atoms with Gasteiger partial charge in [0.05, 0.1) is 36.7 Å².